The molecule has 0 aromatic rings. The van der Waals surface area contributed by atoms with Gasteiger partial charge in [-0.1, -0.05) is 29.8 Å². The summed E-state index contributed by atoms with van der Waals surface area (Å²) in [6, 6.07) is 0. The molecule has 0 aromatic heterocycles. The van der Waals surface area contributed by atoms with E-state index in [4.69, 9.17) is 23.2 Å². The average molecular weight is 129 g/mol. The third kappa shape index (κ3) is 4.25. The Bertz CT molecular complexity index is 54.3. The van der Waals surface area contributed by atoms with Gasteiger partial charge in [-0.15, -0.1) is 0 Å². The summed E-state index contributed by atoms with van der Waals surface area (Å²) in [5.41, 5.74) is 0. The molecule has 0 aliphatic rings. The van der Waals surface area contributed by atoms with Gasteiger partial charge < -0.3 is 0 Å². The SMILES string of the molecule is C=CC(F)(Cl)Cl. The van der Waals surface area contributed by atoms with Crippen LogP contribution in [0.5, 0.6) is 0 Å². The topological polar surface area (TPSA) is 0 Å². The van der Waals surface area contributed by atoms with Crippen LogP contribution in [0.4, 0.5) is 4.39 Å². The highest BCUT2D eigenvalue weighted by Gasteiger charge is 2.13. The summed E-state index contributed by atoms with van der Waals surface area (Å²) in [5.74, 6) is 0. The van der Waals surface area contributed by atoms with E-state index < -0.39 is 4.59 Å². The van der Waals surface area contributed by atoms with Crippen LogP contribution >= 0.6 is 23.2 Å². The monoisotopic (exact) mass is 128 g/mol. The standard InChI is InChI=1S/C3H3Cl2F/c1-2-3(4,5)6/h2H,1H2. The third-order valence-corrected chi connectivity index (χ3v) is 0.540. The Morgan fingerprint density at radius 3 is 1.83 bits per heavy atom. The molecular formula is C3H3Cl2F. The minimum Gasteiger partial charge on any atom is -0.203 e. The van der Waals surface area contributed by atoms with Crippen molar-refractivity contribution in [2.24, 2.45) is 0 Å². The Balaban J connectivity index is 3.45. The molecule has 0 bridgehead atoms. The Morgan fingerprint density at radius 2 is 1.83 bits per heavy atom. The molecule has 0 aromatic carbocycles. The molecule has 36 valence electrons. The van der Waals surface area contributed by atoms with Gasteiger partial charge in [0.2, 0.25) is 0 Å². The molecule has 0 saturated heterocycles. The Hall–Kier alpha value is 0.250. The molecule has 0 saturated carbocycles. The second-order valence-electron chi connectivity index (χ2n) is 0.746. The average Bonchev–Trinajstić information content (AvgIpc) is 1.35. The molecule has 0 fully saturated rings. The van der Waals surface area contributed by atoms with Crippen molar-refractivity contribution in [3.8, 4) is 0 Å². The Labute approximate surface area is 45.6 Å². The van der Waals surface area contributed by atoms with E-state index in [0.29, 0.717) is 0 Å². The summed E-state index contributed by atoms with van der Waals surface area (Å²) in [6.45, 7) is 2.99. The Morgan fingerprint density at radius 1 is 1.67 bits per heavy atom. The predicted molar refractivity (Wildman–Crippen MR) is 25.7 cm³/mol. The fraction of sp³-hybridized carbons (Fsp3) is 0.333. The first-order valence-corrected chi connectivity index (χ1v) is 2.02. The minimum absolute atomic E-state index is 0.802. The maximum Gasteiger partial charge on any atom is 0.276 e. The molecule has 0 rings (SSSR count). The zero-order valence-electron chi connectivity index (χ0n) is 2.92. The van der Waals surface area contributed by atoms with Crippen LogP contribution in [-0.2, 0) is 0 Å². The molecule has 6 heavy (non-hydrogen) atoms. The van der Waals surface area contributed by atoms with E-state index in [1.54, 1.807) is 0 Å². The second kappa shape index (κ2) is 1.80. The van der Waals surface area contributed by atoms with Gasteiger partial charge in [0.1, 0.15) is 0 Å². The molecule has 0 N–H and O–H groups in total. The van der Waals surface area contributed by atoms with Crippen molar-refractivity contribution in [3.63, 3.8) is 0 Å². The maximum atomic E-state index is 11.5. The first-order chi connectivity index (χ1) is 2.56. The number of hydrogen-bond acceptors (Lipinski definition) is 0. The molecule has 0 aliphatic carbocycles. The van der Waals surface area contributed by atoms with Gasteiger partial charge in [0.05, 0.1) is 0 Å². The smallest absolute Gasteiger partial charge is 0.203 e. The first-order valence-electron chi connectivity index (χ1n) is 1.26. The van der Waals surface area contributed by atoms with Crippen LogP contribution in [0.2, 0.25) is 0 Å². The molecule has 0 heterocycles. The number of halogens is 3. The van der Waals surface area contributed by atoms with E-state index >= 15 is 0 Å². The minimum atomic E-state index is -2.25. The highest BCUT2D eigenvalue weighted by Crippen LogP contribution is 2.22. The van der Waals surface area contributed by atoms with E-state index in [1.807, 2.05) is 0 Å². The lowest BCUT2D eigenvalue weighted by atomic mass is 10.7. The Kier molecular flexibility index (Phi) is 1.88. The lowest BCUT2D eigenvalue weighted by molar-refractivity contribution is 0.464. The number of rotatable bonds is 1. The molecule has 0 spiro atoms. The molecule has 0 radical (unpaired) electrons. The van der Waals surface area contributed by atoms with Crippen LogP contribution in [0, 0.1) is 0 Å². The van der Waals surface area contributed by atoms with Crippen molar-refractivity contribution < 1.29 is 4.39 Å². The van der Waals surface area contributed by atoms with E-state index in [1.165, 1.54) is 0 Å². The van der Waals surface area contributed by atoms with Crippen LogP contribution in [-0.4, -0.2) is 4.59 Å². The largest absolute Gasteiger partial charge is 0.276 e. The number of alkyl halides is 3. The summed E-state index contributed by atoms with van der Waals surface area (Å²) in [5, 5.41) is 0. The van der Waals surface area contributed by atoms with Crippen molar-refractivity contribution in [3.05, 3.63) is 12.7 Å². The van der Waals surface area contributed by atoms with Gasteiger partial charge in [0.15, 0.2) is 0 Å². The maximum absolute atomic E-state index is 11.5. The van der Waals surface area contributed by atoms with Crippen molar-refractivity contribution in [2.45, 2.75) is 4.59 Å². The lowest BCUT2D eigenvalue weighted by Crippen LogP contribution is -1.93. The molecule has 0 amide bonds. The van der Waals surface area contributed by atoms with Gasteiger partial charge in [0.25, 0.3) is 4.59 Å². The van der Waals surface area contributed by atoms with Gasteiger partial charge in [-0.3, -0.25) is 0 Å². The predicted octanol–water partition coefficient (Wildman–Crippen LogP) is 2.27. The van der Waals surface area contributed by atoms with Crippen LogP contribution < -0.4 is 0 Å². The third-order valence-electron chi connectivity index (χ3n) is 0.231. The van der Waals surface area contributed by atoms with Crippen molar-refractivity contribution in [1.29, 1.82) is 0 Å². The van der Waals surface area contributed by atoms with E-state index in [0.717, 1.165) is 6.08 Å². The highest BCUT2D eigenvalue weighted by molar-refractivity contribution is 6.48. The van der Waals surface area contributed by atoms with Crippen molar-refractivity contribution in [1.82, 2.24) is 0 Å². The highest BCUT2D eigenvalue weighted by atomic mass is 35.5. The summed E-state index contributed by atoms with van der Waals surface area (Å²) >= 11 is 9.40. The zero-order chi connectivity index (χ0) is 5.21. The first kappa shape index (κ1) is 6.25. The van der Waals surface area contributed by atoms with Gasteiger partial charge in [-0.25, -0.2) is 4.39 Å². The van der Waals surface area contributed by atoms with Crippen molar-refractivity contribution >= 4 is 23.2 Å². The van der Waals surface area contributed by atoms with E-state index in [9.17, 15) is 4.39 Å². The quantitative estimate of drug-likeness (QED) is 0.376. The zero-order valence-corrected chi connectivity index (χ0v) is 4.43. The van der Waals surface area contributed by atoms with Crippen LogP contribution in [0.15, 0.2) is 12.7 Å². The summed E-state index contributed by atoms with van der Waals surface area (Å²) < 4.78 is 9.28. The molecule has 0 atom stereocenters. The van der Waals surface area contributed by atoms with Crippen molar-refractivity contribution in [2.75, 3.05) is 0 Å². The number of allylic oxidation sites excluding steroid dienone is 1. The van der Waals surface area contributed by atoms with Crippen LogP contribution in [0.1, 0.15) is 0 Å². The van der Waals surface area contributed by atoms with Crippen LogP contribution in [0.25, 0.3) is 0 Å². The summed E-state index contributed by atoms with van der Waals surface area (Å²) in [4.78, 5) is 0. The van der Waals surface area contributed by atoms with Gasteiger partial charge >= 0.3 is 0 Å². The lowest BCUT2D eigenvalue weighted by Gasteiger charge is -1.95. The molecule has 3 heteroatoms. The summed E-state index contributed by atoms with van der Waals surface area (Å²) in [7, 11) is 0. The van der Waals surface area contributed by atoms with Gasteiger partial charge in [-0.05, 0) is 6.08 Å². The molecular weight excluding hydrogens is 126 g/mol. The molecule has 0 aliphatic heterocycles. The van der Waals surface area contributed by atoms with Gasteiger partial charge in [0, 0.05) is 0 Å². The fourth-order valence-corrected chi connectivity index (χ4v) is 0. The molecule has 0 unspecified atom stereocenters. The number of hydrogen-bond donors (Lipinski definition) is 0. The normalized spacial score (nSPS) is 11.2. The van der Waals surface area contributed by atoms with E-state index in [2.05, 4.69) is 6.58 Å². The summed E-state index contributed by atoms with van der Waals surface area (Å²) in [6.07, 6.45) is 0.802. The fourth-order valence-electron chi connectivity index (χ4n) is 0. The van der Waals surface area contributed by atoms with E-state index in [-0.39, 0.29) is 0 Å². The second-order valence-corrected chi connectivity index (χ2v) is 2.04. The van der Waals surface area contributed by atoms with Crippen LogP contribution in [0.3, 0.4) is 0 Å². The molecule has 0 nitrogen and oxygen atoms in total. The van der Waals surface area contributed by atoms with Gasteiger partial charge in [-0.2, -0.15) is 0 Å².